The topological polar surface area (TPSA) is 173 Å². The number of nitrogens with zero attached hydrogens (tertiary/aromatic N) is 2. The van der Waals surface area contributed by atoms with Crippen molar-refractivity contribution in [1.82, 2.24) is 25.2 Å². The van der Waals surface area contributed by atoms with Crippen molar-refractivity contribution >= 4 is 44.7 Å². The van der Waals surface area contributed by atoms with E-state index in [1.165, 1.54) is 13.0 Å². The molecule has 7 rings (SSSR count). The molecule has 5 atom stereocenters. The van der Waals surface area contributed by atoms with Crippen LogP contribution in [0.15, 0.2) is 48.6 Å². The van der Waals surface area contributed by atoms with Crippen molar-refractivity contribution in [1.29, 1.82) is 0 Å². The van der Waals surface area contributed by atoms with Gasteiger partial charge < -0.3 is 25.0 Å². The van der Waals surface area contributed by atoms with Gasteiger partial charge in [-0.15, -0.1) is 0 Å². The minimum absolute atomic E-state index is 0.0167. The lowest BCUT2D eigenvalue weighted by atomic mass is 9.73. The van der Waals surface area contributed by atoms with E-state index >= 15 is 8.78 Å². The molecule has 4 heterocycles. The first-order valence-electron chi connectivity index (χ1n) is 19.3. The Morgan fingerprint density at radius 3 is 2.57 bits per heavy atom. The number of halogens is 2. The van der Waals surface area contributed by atoms with E-state index in [2.05, 4.69) is 20.3 Å². The summed E-state index contributed by atoms with van der Waals surface area (Å²) in [6.45, 7) is 6.46. The molecule has 2 fully saturated rings. The number of aryl methyl sites for hydroxylation is 1. The lowest BCUT2D eigenvalue weighted by Crippen LogP contribution is -2.67. The van der Waals surface area contributed by atoms with E-state index in [1.807, 2.05) is 19.9 Å². The summed E-state index contributed by atoms with van der Waals surface area (Å²) in [6, 6.07) is 3.88. The zero-order chi connectivity index (χ0) is 40.3. The van der Waals surface area contributed by atoms with Crippen molar-refractivity contribution in [3.05, 3.63) is 59.8 Å². The number of aromatic nitrogens is 1. The molecule has 1 spiro atoms. The van der Waals surface area contributed by atoms with Crippen LogP contribution in [-0.4, -0.2) is 83.2 Å². The summed E-state index contributed by atoms with van der Waals surface area (Å²) in [7, 11) is -4.12. The lowest BCUT2D eigenvalue weighted by Gasteiger charge is -2.42. The first kappa shape index (κ1) is 39.6. The average molecular weight is 798 g/mol. The molecule has 1 aromatic heterocycles. The molecule has 13 nitrogen and oxygen atoms in total. The first-order valence-corrected chi connectivity index (χ1v) is 20.8. The van der Waals surface area contributed by atoms with Gasteiger partial charge in [0, 0.05) is 17.7 Å². The van der Waals surface area contributed by atoms with Crippen LogP contribution in [0.2, 0.25) is 0 Å². The molecule has 2 aliphatic carbocycles. The third-order valence-electron chi connectivity index (χ3n) is 11.7. The zero-order valence-electron chi connectivity index (χ0n) is 32.0. The Bertz CT molecular complexity index is 2120. The fourth-order valence-electron chi connectivity index (χ4n) is 8.17. The molecular weight excluding hydrogens is 749 g/mol. The van der Waals surface area contributed by atoms with Gasteiger partial charge >= 0.3 is 6.09 Å². The van der Waals surface area contributed by atoms with Crippen molar-refractivity contribution in [2.24, 2.45) is 11.8 Å². The average Bonchev–Trinajstić information content (AvgIpc) is 3.79. The van der Waals surface area contributed by atoms with E-state index in [9.17, 15) is 27.6 Å². The molecule has 3 aliphatic heterocycles. The van der Waals surface area contributed by atoms with E-state index < -0.39 is 93.0 Å². The van der Waals surface area contributed by atoms with Crippen molar-refractivity contribution < 1.29 is 45.9 Å². The molecule has 16 heteroatoms. The maximum atomic E-state index is 16.6. The number of para-hydroxylation sites is 1. The zero-order valence-corrected chi connectivity index (χ0v) is 32.8. The number of pyridine rings is 1. The van der Waals surface area contributed by atoms with Gasteiger partial charge in [0.25, 0.3) is 11.8 Å². The highest BCUT2D eigenvalue weighted by Crippen LogP contribution is 2.54. The molecule has 0 bridgehead atoms. The van der Waals surface area contributed by atoms with Crippen molar-refractivity contribution in [2.45, 2.75) is 119 Å². The Balaban J connectivity index is 1.27. The highest BCUT2D eigenvalue weighted by molar-refractivity contribution is 7.91. The quantitative estimate of drug-likeness (QED) is 0.338. The molecule has 56 heavy (non-hydrogen) atoms. The second-order valence-electron chi connectivity index (χ2n) is 16.7. The van der Waals surface area contributed by atoms with Crippen LogP contribution < -0.4 is 20.1 Å². The normalized spacial score (nSPS) is 30.1. The number of benzene rings is 1. The van der Waals surface area contributed by atoms with E-state index in [0.717, 1.165) is 4.90 Å². The van der Waals surface area contributed by atoms with Gasteiger partial charge in [-0.1, -0.05) is 69.2 Å². The number of nitrogens with one attached hydrogen (secondary N) is 3. The Morgan fingerprint density at radius 2 is 1.88 bits per heavy atom. The van der Waals surface area contributed by atoms with Gasteiger partial charge in [-0.3, -0.25) is 19.1 Å². The number of sulfonamides is 1. The van der Waals surface area contributed by atoms with Gasteiger partial charge in [0.2, 0.25) is 21.8 Å². The Morgan fingerprint density at radius 1 is 1.12 bits per heavy atom. The molecular formula is C40H49F2N5O8S. The highest BCUT2D eigenvalue weighted by Gasteiger charge is 2.61. The molecule has 1 saturated heterocycles. The van der Waals surface area contributed by atoms with E-state index in [4.69, 9.17) is 9.47 Å². The fourth-order valence-corrected chi connectivity index (χ4v) is 9.47. The Kier molecular flexibility index (Phi) is 10.2. The number of hydrogen-bond donors (Lipinski definition) is 3. The van der Waals surface area contributed by atoms with Crippen LogP contribution in [0.4, 0.5) is 13.6 Å². The van der Waals surface area contributed by atoms with Crippen LogP contribution in [0.1, 0.15) is 89.8 Å². The standard InChI is InChI=1S/C40H49F2N5O8S/c1-24(2)21-54-36(51)44-29-15-9-7-5-6-8-12-26-16-17-39(26,35(50)46-56(52,53)37(4)18-19-37)45-33(48)30-20-38(23-47(30)34(29)49)22-40(41,42)31-27-13-10-11-14-28(27)43-25(3)32(31)55-38/h8,10-14,16-17,24,26,29-30H,5-7,9,15,18-23H2,1-4H3,(H,44,51)(H,45,48)(H,46,50)/b12-8-/t26-,29+,30+,38+,39-/m1/s1. The number of carbonyl (C=O) groups is 4. The van der Waals surface area contributed by atoms with Gasteiger partial charge in [0.15, 0.2) is 5.75 Å². The number of ether oxygens (including phenoxy) is 2. The predicted octanol–water partition coefficient (Wildman–Crippen LogP) is 5.07. The van der Waals surface area contributed by atoms with E-state index in [0.29, 0.717) is 44.0 Å². The fraction of sp³-hybridized carbons (Fsp3) is 0.575. The summed E-state index contributed by atoms with van der Waals surface area (Å²) in [6.07, 6.45) is 7.96. The summed E-state index contributed by atoms with van der Waals surface area (Å²) in [4.78, 5) is 62.0. The summed E-state index contributed by atoms with van der Waals surface area (Å²) < 4.78 is 72.7. The number of carbonyl (C=O) groups excluding carboxylic acids is 4. The molecule has 1 aromatic carbocycles. The van der Waals surface area contributed by atoms with Crippen LogP contribution in [0.5, 0.6) is 5.75 Å². The van der Waals surface area contributed by atoms with Gasteiger partial charge in [-0.05, 0) is 57.9 Å². The Hall–Kier alpha value is -4.60. The molecule has 3 N–H and O–H groups in total. The molecule has 0 unspecified atom stereocenters. The summed E-state index contributed by atoms with van der Waals surface area (Å²) in [5.41, 5.74) is -3.40. The molecule has 5 aliphatic rings. The SMILES string of the molecule is Cc1nc2ccccc2c2c1O[C@@]1(C[C@H]3C(=O)N[C@]4(C(=O)NS(=O)(=O)C5(C)CC5)C=C[C@H]4/C=C\CCCCC[C@H](NC(=O)OCC(C)C)C(=O)N3C1)CC2(F)F. The maximum Gasteiger partial charge on any atom is 0.407 e. The van der Waals surface area contributed by atoms with Gasteiger partial charge in [-0.2, -0.15) is 0 Å². The minimum Gasteiger partial charge on any atom is -0.483 e. The molecule has 1 saturated carbocycles. The monoisotopic (exact) mass is 797 g/mol. The third-order valence-corrected chi connectivity index (χ3v) is 13.9. The number of hydrogen-bond acceptors (Lipinski definition) is 9. The van der Waals surface area contributed by atoms with Gasteiger partial charge in [0.05, 0.1) is 41.1 Å². The second-order valence-corrected chi connectivity index (χ2v) is 18.9. The van der Waals surface area contributed by atoms with Crippen LogP contribution in [0.3, 0.4) is 0 Å². The third kappa shape index (κ3) is 7.24. The lowest BCUT2D eigenvalue weighted by molar-refractivity contribution is -0.142. The maximum absolute atomic E-state index is 16.6. The highest BCUT2D eigenvalue weighted by atomic mass is 32.2. The predicted molar refractivity (Wildman–Crippen MR) is 202 cm³/mol. The van der Waals surface area contributed by atoms with E-state index in [1.54, 1.807) is 43.3 Å². The van der Waals surface area contributed by atoms with Crippen LogP contribution in [-0.2, 0) is 35.1 Å². The number of allylic oxidation sites excluding steroid dienone is 1. The Labute approximate surface area is 325 Å². The van der Waals surface area contributed by atoms with Gasteiger partial charge in [-0.25, -0.2) is 27.0 Å². The van der Waals surface area contributed by atoms with E-state index in [-0.39, 0.29) is 41.3 Å². The largest absolute Gasteiger partial charge is 0.483 e. The van der Waals surface area contributed by atoms with Crippen LogP contribution in [0, 0.1) is 18.8 Å². The second kappa shape index (κ2) is 14.4. The summed E-state index contributed by atoms with van der Waals surface area (Å²) in [5.74, 6) is -6.88. The minimum atomic E-state index is -4.12. The number of alkyl carbamates (subject to hydrolysis) is 1. The first-order chi connectivity index (χ1) is 26.4. The summed E-state index contributed by atoms with van der Waals surface area (Å²) >= 11 is 0. The van der Waals surface area contributed by atoms with Crippen molar-refractivity contribution in [3.8, 4) is 5.75 Å². The molecule has 302 valence electrons. The molecule has 2 aromatic rings. The number of fused-ring (bicyclic) bond motifs is 5. The summed E-state index contributed by atoms with van der Waals surface area (Å²) in [5, 5.41) is 5.63. The van der Waals surface area contributed by atoms with Crippen molar-refractivity contribution in [2.75, 3.05) is 13.2 Å². The van der Waals surface area contributed by atoms with Crippen LogP contribution >= 0.6 is 0 Å². The molecule has 4 amide bonds. The smallest absolute Gasteiger partial charge is 0.407 e. The number of alkyl halides is 2. The molecule has 0 radical (unpaired) electrons. The number of amides is 4. The van der Waals surface area contributed by atoms with Crippen molar-refractivity contribution in [3.63, 3.8) is 0 Å². The number of rotatable bonds is 6. The van der Waals surface area contributed by atoms with Gasteiger partial charge in [0.1, 0.15) is 23.2 Å². The van der Waals surface area contributed by atoms with Crippen LogP contribution in [0.25, 0.3) is 10.9 Å².